The predicted octanol–water partition coefficient (Wildman–Crippen LogP) is -0.459. The lowest BCUT2D eigenvalue weighted by atomic mass is 10.2. The molecule has 0 aliphatic carbocycles. The maximum absolute atomic E-state index is 8.62. The van der Waals surface area contributed by atoms with Gasteiger partial charge in [-0.1, -0.05) is 10.3 Å². The van der Waals surface area contributed by atoms with E-state index in [1.54, 1.807) is 24.3 Å². The van der Waals surface area contributed by atoms with Crippen molar-refractivity contribution in [3.05, 3.63) is 60.2 Å². The number of nitrogens with two attached hydrogens (primary N) is 2. The summed E-state index contributed by atoms with van der Waals surface area (Å²) in [5.41, 5.74) is 12.4. The van der Waals surface area contributed by atoms with Crippen LogP contribution >= 0.6 is 0 Å². The number of pyridine rings is 2. The van der Waals surface area contributed by atoms with Gasteiger partial charge < -0.3 is 21.9 Å². The Morgan fingerprint density at radius 3 is 1.43 bits per heavy atom. The molecule has 0 unspecified atom stereocenters. The standard InChI is InChI=1S/C15H18N6O2/c16-14(18-22)12-2-8-20(9-3-12)6-1-7-21-10-4-13(5-11-21)15(17)19-23/h2-5,8-11H,1,6-7,16-17H2/p+2. The van der Waals surface area contributed by atoms with E-state index in [4.69, 9.17) is 21.9 Å². The Bertz CT molecular complexity index is 633. The summed E-state index contributed by atoms with van der Waals surface area (Å²) in [7, 11) is 0. The highest BCUT2D eigenvalue weighted by molar-refractivity contribution is 5.97. The molecule has 0 aliphatic rings. The number of oxime groups is 2. The van der Waals surface area contributed by atoms with Crippen molar-refractivity contribution >= 4 is 11.7 Å². The van der Waals surface area contributed by atoms with Gasteiger partial charge in [-0.15, -0.1) is 0 Å². The molecular formula is C15H20N6O2+2. The van der Waals surface area contributed by atoms with Crippen LogP contribution in [0.1, 0.15) is 17.5 Å². The minimum absolute atomic E-state index is 0.0958. The zero-order valence-corrected chi connectivity index (χ0v) is 12.6. The van der Waals surface area contributed by atoms with Crippen LogP contribution in [-0.2, 0) is 13.1 Å². The summed E-state index contributed by atoms with van der Waals surface area (Å²) < 4.78 is 4.05. The smallest absolute Gasteiger partial charge is 0.170 e. The van der Waals surface area contributed by atoms with Crippen molar-refractivity contribution in [3.63, 3.8) is 0 Å². The largest absolute Gasteiger partial charge is 0.409 e. The lowest BCUT2D eigenvalue weighted by molar-refractivity contribution is -0.726. The van der Waals surface area contributed by atoms with Crippen LogP contribution in [0.15, 0.2) is 59.4 Å². The highest BCUT2D eigenvalue weighted by Crippen LogP contribution is 1.96. The average Bonchev–Trinajstić information content (AvgIpc) is 2.61. The normalized spacial score (nSPS) is 12.3. The van der Waals surface area contributed by atoms with Crippen LogP contribution in [-0.4, -0.2) is 22.1 Å². The molecule has 0 aromatic carbocycles. The molecule has 0 bridgehead atoms. The van der Waals surface area contributed by atoms with E-state index >= 15 is 0 Å². The maximum atomic E-state index is 8.62. The molecule has 0 saturated heterocycles. The third kappa shape index (κ3) is 4.40. The molecule has 0 radical (unpaired) electrons. The van der Waals surface area contributed by atoms with Crippen LogP contribution in [0, 0.1) is 0 Å². The number of rotatable bonds is 6. The van der Waals surface area contributed by atoms with E-state index in [1.807, 2.05) is 33.9 Å². The Kier molecular flexibility index (Phi) is 5.45. The van der Waals surface area contributed by atoms with E-state index in [1.165, 1.54) is 0 Å². The van der Waals surface area contributed by atoms with E-state index in [0.29, 0.717) is 11.1 Å². The van der Waals surface area contributed by atoms with Crippen molar-refractivity contribution in [2.45, 2.75) is 19.5 Å². The van der Waals surface area contributed by atoms with E-state index < -0.39 is 0 Å². The molecule has 0 atom stereocenters. The highest BCUT2D eigenvalue weighted by atomic mass is 16.4. The average molecular weight is 316 g/mol. The summed E-state index contributed by atoms with van der Waals surface area (Å²) in [5.74, 6) is 0.192. The van der Waals surface area contributed by atoms with Crippen LogP contribution in [0.3, 0.4) is 0 Å². The van der Waals surface area contributed by atoms with Crippen molar-refractivity contribution < 1.29 is 19.5 Å². The zero-order valence-electron chi connectivity index (χ0n) is 12.6. The minimum atomic E-state index is 0.0958. The first kappa shape index (κ1) is 16.2. The van der Waals surface area contributed by atoms with Crippen LogP contribution in [0.2, 0.25) is 0 Å². The molecular weight excluding hydrogens is 296 g/mol. The Morgan fingerprint density at radius 2 is 1.13 bits per heavy atom. The molecule has 0 saturated carbocycles. The zero-order chi connectivity index (χ0) is 16.7. The SMILES string of the molecule is NC(=NO)c1cc[n+](CCC[n+]2ccc(C(N)=NO)cc2)cc1. The number of hydrogen-bond donors (Lipinski definition) is 4. The Morgan fingerprint density at radius 1 is 0.783 bits per heavy atom. The monoisotopic (exact) mass is 316 g/mol. The molecule has 2 heterocycles. The summed E-state index contributed by atoms with van der Waals surface area (Å²) in [5, 5.41) is 23.2. The van der Waals surface area contributed by atoms with Gasteiger partial charge in [-0.05, 0) is 0 Å². The molecule has 2 aromatic rings. The minimum Gasteiger partial charge on any atom is -0.409 e. The van der Waals surface area contributed by atoms with Crippen molar-refractivity contribution in [1.82, 2.24) is 0 Å². The van der Waals surface area contributed by atoms with Crippen LogP contribution in [0.5, 0.6) is 0 Å². The number of amidine groups is 2. The first-order valence-electron chi connectivity index (χ1n) is 7.08. The molecule has 23 heavy (non-hydrogen) atoms. The third-order valence-corrected chi connectivity index (χ3v) is 3.42. The van der Waals surface area contributed by atoms with Crippen LogP contribution in [0.25, 0.3) is 0 Å². The van der Waals surface area contributed by atoms with Crippen LogP contribution in [0.4, 0.5) is 0 Å². The van der Waals surface area contributed by atoms with Gasteiger partial charge in [0.15, 0.2) is 49.5 Å². The van der Waals surface area contributed by atoms with Crippen molar-refractivity contribution in [2.75, 3.05) is 0 Å². The first-order chi connectivity index (χ1) is 11.1. The topological polar surface area (TPSA) is 125 Å². The van der Waals surface area contributed by atoms with Gasteiger partial charge >= 0.3 is 0 Å². The molecule has 2 aromatic heterocycles. The van der Waals surface area contributed by atoms with Gasteiger partial charge in [0, 0.05) is 35.4 Å². The summed E-state index contributed by atoms with van der Waals surface area (Å²) in [6, 6.07) is 7.20. The maximum Gasteiger partial charge on any atom is 0.170 e. The number of nitrogens with zero attached hydrogens (tertiary/aromatic N) is 4. The van der Waals surface area contributed by atoms with Gasteiger partial charge in [0.25, 0.3) is 0 Å². The Labute approximate surface area is 133 Å². The fourth-order valence-electron chi connectivity index (χ4n) is 2.11. The second-order valence-corrected chi connectivity index (χ2v) is 4.97. The van der Waals surface area contributed by atoms with Crippen LogP contribution < -0.4 is 20.6 Å². The van der Waals surface area contributed by atoms with Gasteiger partial charge in [-0.3, -0.25) is 0 Å². The third-order valence-electron chi connectivity index (χ3n) is 3.42. The number of aromatic nitrogens is 2. The van der Waals surface area contributed by atoms with Crippen molar-refractivity contribution in [2.24, 2.45) is 21.8 Å². The molecule has 6 N–H and O–H groups in total. The fourth-order valence-corrected chi connectivity index (χ4v) is 2.11. The summed E-state index contributed by atoms with van der Waals surface area (Å²) >= 11 is 0. The molecule has 8 heteroatoms. The van der Waals surface area contributed by atoms with E-state index in [0.717, 1.165) is 19.5 Å². The first-order valence-corrected chi connectivity index (χ1v) is 7.08. The molecule has 0 aliphatic heterocycles. The second-order valence-electron chi connectivity index (χ2n) is 4.97. The van der Waals surface area contributed by atoms with Gasteiger partial charge in [-0.25, -0.2) is 9.13 Å². The number of hydrogen-bond acceptors (Lipinski definition) is 4. The van der Waals surface area contributed by atoms with E-state index in [2.05, 4.69) is 10.3 Å². The Balaban J connectivity index is 1.87. The van der Waals surface area contributed by atoms with E-state index in [-0.39, 0.29) is 11.7 Å². The molecule has 8 nitrogen and oxygen atoms in total. The van der Waals surface area contributed by atoms with Gasteiger partial charge in [0.2, 0.25) is 0 Å². The van der Waals surface area contributed by atoms with Crippen molar-refractivity contribution in [1.29, 1.82) is 0 Å². The van der Waals surface area contributed by atoms with Crippen molar-refractivity contribution in [3.8, 4) is 0 Å². The summed E-state index contributed by atoms with van der Waals surface area (Å²) in [4.78, 5) is 0. The molecule has 2 rings (SSSR count). The molecule has 0 amide bonds. The fraction of sp³-hybridized carbons (Fsp3) is 0.200. The van der Waals surface area contributed by atoms with Gasteiger partial charge in [0.05, 0.1) is 6.42 Å². The molecule has 0 spiro atoms. The highest BCUT2D eigenvalue weighted by Gasteiger charge is 2.07. The molecule has 0 fully saturated rings. The van der Waals surface area contributed by atoms with E-state index in [9.17, 15) is 0 Å². The van der Waals surface area contributed by atoms with Gasteiger partial charge in [-0.2, -0.15) is 0 Å². The van der Waals surface area contributed by atoms with Gasteiger partial charge in [0.1, 0.15) is 0 Å². The second kappa shape index (κ2) is 7.74. The quantitative estimate of drug-likeness (QED) is 0.189. The number of aryl methyl sites for hydroxylation is 2. The summed E-state index contributed by atoms with van der Waals surface area (Å²) in [6.45, 7) is 1.68. The molecule has 120 valence electrons. The Hall–Kier alpha value is -3.16. The lowest BCUT2D eigenvalue weighted by Gasteiger charge is -2.00. The summed E-state index contributed by atoms with van der Waals surface area (Å²) in [6.07, 6.45) is 8.49. The predicted molar refractivity (Wildman–Crippen MR) is 82.9 cm³/mol. The lowest BCUT2D eigenvalue weighted by Crippen LogP contribution is -2.38.